The largest absolute Gasteiger partial charge is 0.490 e. The highest BCUT2D eigenvalue weighted by molar-refractivity contribution is 7.92. The summed E-state index contributed by atoms with van der Waals surface area (Å²) in [6.07, 6.45) is 9.91. The van der Waals surface area contributed by atoms with Crippen molar-refractivity contribution in [3.05, 3.63) is 70.8 Å². The van der Waals surface area contributed by atoms with Gasteiger partial charge in [0.05, 0.1) is 37.2 Å². The Hall–Kier alpha value is -3.90. The minimum atomic E-state index is -3.54. The first-order valence-corrected chi connectivity index (χ1v) is 20.4. The van der Waals surface area contributed by atoms with Crippen molar-refractivity contribution in [3.8, 4) is 5.75 Å². The molecule has 1 N–H and O–H groups in total. The summed E-state index contributed by atoms with van der Waals surface area (Å²) in [5.74, 6) is -0.441. The lowest BCUT2D eigenvalue weighted by molar-refractivity contribution is -0.122. The molecule has 0 aromatic heterocycles. The minimum Gasteiger partial charge on any atom is -0.490 e. The Morgan fingerprint density at radius 3 is 2.71 bits per heavy atom. The summed E-state index contributed by atoms with van der Waals surface area (Å²) in [7, 11) is -0.479. The number of rotatable bonds is 3. The number of hydrogen-bond donors (Lipinski definition) is 1. The number of allylic oxidation sites excluding steroid dienone is 1. The van der Waals surface area contributed by atoms with Crippen molar-refractivity contribution >= 4 is 33.5 Å². The number of aryl methyl sites for hydroxylation is 2. The van der Waals surface area contributed by atoms with Crippen molar-refractivity contribution in [3.63, 3.8) is 0 Å². The van der Waals surface area contributed by atoms with Crippen molar-refractivity contribution < 1.29 is 32.8 Å². The second-order valence-electron chi connectivity index (χ2n) is 15.7. The highest BCUT2D eigenvalue weighted by Crippen LogP contribution is 2.47. The van der Waals surface area contributed by atoms with E-state index in [0.29, 0.717) is 49.1 Å². The van der Waals surface area contributed by atoms with Crippen LogP contribution in [0.5, 0.6) is 5.75 Å². The number of ether oxygens (including phenoxy) is 3. The first-order chi connectivity index (χ1) is 25.0. The Labute approximate surface area is 307 Å². The van der Waals surface area contributed by atoms with Gasteiger partial charge < -0.3 is 24.0 Å². The second-order valence-corrected chi connectivity index (χ2v) is 17.7. The lowest BCUT2D eigenvalue weighted by Gasteiger charge is -2.46. The average Bonchev–Trinajstić information content (AvgIpc) is 3.56. The Balaban J connectivity index is 1.26. The number of nitrogens with one attached hydrogen (secondary N) is 1. The number of nitrogens with zero attached hydrogens (tertiary/aromatic N) is 3. The number of amides is 3. The van der Waals surface area contributed by atoms with Crippen LogP contribution in [0.25, 0.3) is 0 Å². The monoisotopic (exact) mass is 732 g/mol. The zero-order valence-electron chi connectivity index (χ0n) is 30.8. The number of likely N-dealkylation sites (tertiary alicyclic amines) is 1. The molecule has 2 bridgehead atoms. The second kappa shape index (κ2) is 14.9. The fourth-order valence-electron chi connectivity index (χ4n) is 9.04. The molecule has 7 atom stereocenters. The highest BCUT2D eigenvalue weighted by Gasteiger charge is 2.44. The molecule has 7 rings (SSSR count). The zero-order chi connectivity index (χ0) is 36.6. The molecule has 3 amide bonds. The molecule has 3 aliphatic heterocycles. The summed E-state index contributed by atoms with van der Waals surface area (Å²) in [5.41, 5.74) is 4.90. The van der Waals surface area contributed by atoms with Gasteiger partial charge in [-0.2, -0.15) is 0 Å². The number of anilines is 1. The van der Waals surface area contributed by atoms with Gasteiger partial charge in [0.15, 0.2) is 0 Å². The molecule has 12 heteroatoms. The third-order valence-corrected chi connectivity index (χ3v) is 14.0. The van der Waals surface area contributed by atoms with Crippen molar-refractivity contribution in [1.82, 2.24) is 9.62 Å². The lowest BCUT2D eigenvalue weighted by Crippen LogP contribution is -2.49. The summed E-state index contributed by atoms with van der Waals surface area (Å²) in [4.78, 5) is 43.5. The summed E-state index contributed by atoms with van der Waals surface area (Å²) >= 11 is 0. The van der Waals surface area contributed by atoms with E-state index in [1.165, 1.54) is 28.7 Å². The van der Waals surface area contributed by atoms with E-state index < -0.39 is 33.7 Å². The summed E-state index contributed by atoms with van der Waals surface area (Å²) in [5, 5.41) is 0. The zero-order valence-corrected chi connectivity index (χ0v) is 31.6. The molecule has 1 spiro atoms. The van der Waals surface area contributed by atoms with E-state index in [0.717, 1.165) is 50.9 Å². The standard InChI is InChI=1S/C40H52N4O7S/c1-26-10-14-33-28(19-26)8-6-17-40(33)24-44-21-30-11-13-32(30)35(49-3)9-5-7-27(2)23-52(48,42-38(46)31-16-18-43(22-31)39(47)50-4)41-37(45)29-12-15-36(51-25-40)34(44)20-29/h5,9-10,12,14-15,19-20,27,30-32,35H,6-8,11,13,16-18,21-25H2,1-4H3,(H,41,42,45,46,48)/b9-5+/t27-,30-,31+,32+,35-,40-,52?/m0/s1. The van der Waals surface area contributed by atoms with Crippen LogP contribution < -0.4 is 14.4 Å². The molecule has 280 valence electrons. The highest BCUT2D eigenvalue weighted by atomic mass is 32.2. The quantitative estimate of drug-likeness (QED) is 0.391. The molecule has 0 radical (unpaired) electrons. The predicted octanol–water partition coefficient (Wildman–Crippen LogP) is 5.83. The molecule has 3 heterocycles. The molecule has 11 nitrogen and oxygen atoms in total. The third-order valence-electron chi connectivity index (χ3n) is 12.0. The first kappa shape index (κ1) is 36.5. The van der Waals surface area contributed by atoms with E-state index in [4.69, 9.17) is 14.2 Å². The van der Waals surface area contributed by atoms with E-state index in [2.05, 4.69) is 51.3 Å². The molecule has 2 aromatic rings. The molecule has 2 aliphatic carbocycles. The van der Waals surface area contributed by atoms with Gasteiger partial charge in [-0.05, 0) is 98.9 Å². The van der Waals surface area contributed by atoms with E-state index in [1.54, 1.807) is 13.2 Å². The van der Waals surface area contributed by atoms with Crippen LogP contribution >= 0.6 is 0 Å². The average molecular weight is 733 g/mol. The topological polar surface area (TPSA) is 127 Å². The molecule has 1 saturated carbocycles. The number of methoxy groups -OCH3 is 2. The Kier molecular flexibility index (Phi) is 10.4. The molecule has 5 aliphatic rings. The number of carbonyl (C=O) groups excluding carboxylic acids is 3. The van der Waals surface area contributed by atoms with Crippen LogP contribution in [0, 0.1) is 30.6 Å². The smallest absolute Gasteiger partial charge is 0.409 e. The van der Waals surface area contributed by atoms with Crippen molar-refractivity contribution in [2.75, 3.05) is 57.7 Å². The molecule has 2 aromatic carbocycles. The first-order valence-electron chi connectivity index (χ1n) is 18.7. The number of fused-ring (bicyclic) bond motifs is 4. The molecule has 2 fully saturated rings. The van der Waals surface area contributed by atoms with Crippen molar-refractivity contribution in [1.29, 1.82) is 0 Å². The van der Waals surface area contributed by atoms with Gasteiger partial charge >= 0.3 is 6.09 Å². The Bertz CT molecular complexity index is 1870. The summed E-state index contributed by atoms with van der Waals surface area (Å²) in [6.45, 7) is 6.66. The third kappa shape index (κ3) is 7.33. The SMILES string of the molecule is COC(=O)N1CC[C@@H](C(=O)NS2(=O)=NC(=O)c3ccc4c(c3)N(C[C@@H]3CC[C@H]3[C@@H](OC)/C=C/C[C@H](C)C2)C[C@@]2(CCCc3cc(C)ccc32)CO4)C1. The number of carbonyl (C=O) groups is 3. The maximum Gasteiger partial charge on any atom is 0.409 e. The Morgan fingerprint density at radius 1 is 1.10 bits per heavy atom. The fraction of sp³-hybridized carbons (Fsp3) is 0.575. The van der Waals surface area contributed by atoms with Crippen LogP contribution in [0.1, 0.15) is 72.5 Å². The molecule has 52 heavy (non-hydrogen) atoms. The van der Waals surface area contributed by atoms with Crippen LogP contribution in [0.15, 0.2) is 52.9 Å². The summed E-state index contributed by atoms with van der Waals surface area (Å²) < 4.78 is 39.1. The van der Waals surface area contributed by atoms with Crippen LogP contribution in [0.2, 0.25) is 0 Å². The predicted molar refractivity (Wildman–Crippen MR) is 200 cm³/mol. The van der Waals surface area contributed by atoms with Crippen molar-refractivity contribution in [2.45, 2.75) is 70.3 Å². The van der Waals surface area contributed by atoms with Gasteiger partial charge in [0, 0.05) is 44.3 Å². The van der Waals surface area contributed by atoms with E-state index in [-0.39, 0.29) is 29.7 Å². The molecule has 1 saturated heterocycles. The normalized spacial score (nSPS) is 32.3. The molecular formula is C40H52N4O7S. The number of benzene rings is 2. The van der Waals surface area contributed by atoms with Crippen LogP contribution in [0.3, 0.4) is 0 Å². The number of hydrogen-bond acceptors (Lipinski definition) is 8. The minimum absolute atomic E-state index is 0.00641. The lowest BCUT2D eigenvalue weighted by atomic mass is 9.68. The van der Waals surface area contributed by atoms with Gasteiger partial charge in [-0.15, -0.1) is 4.36 Å². The van der Waals surface area contributed by atoms with Gasteiger partial charge in [0.1, 0.15) is 15.7 Å². The van der Waals surface area contributed by atoms with Crippen LogP contribution in [0.4, 0.5) is 10.5 Å². The maximum absolute atomic E-state index is 14.6. The fourth-order valence-corrected chi connectivity index (χ4v) is 11.0. The van der Waals surface area contributed by atoms with E-state index >= 15 is 0 Å². The van der Waals surface area contributed by atoms with Crippen LogP contribution in [-0.2, 0) is 36.0 Å². The summed E-state index contributed by atoms with van der Waals surface area (Å²) in [6, 6.07) is 12.2. The van der Waals surface area contributed by atoms with Crippen molar-refractivity contribution in [2.24, 2.45) is 28.0 Å². The maximum atomic E-state index is 14.6. The molecule has 1 unspecified atom stereocenters. The van der Waals surface area contributed by atoms with Gasteiger partial charge in [0.25, 0.3) is 5.91 Å². The van der Waals surface area contributed by atoms with Gasteiger partial charge in [0.2, 0.25) is 5.91 Å². The van der Waals surface area contributed by atoms with Gasteiger partial charge in [-0.25, -0.2) is 9.00 Å². The van der Waals surface area contributed by atoms with E-state index in [1.807, 2.05) is 19.1 Å². The van der Waals surface area contributed by atoms with Gasteiger partial charge in [-0.1, -0.05) is 42.8 Å². The Morgan fingerprint density at radius 2 is 1.94 bits per heavy atom. The molecular weight excluding hydrogens is 681 g/mol. The van der Waals surface area contributed by atoms with E-state index in [9.17, 15) is 18.6 Å². The van der Waals surface area contributed by atoms with Crippen LogP contribution in [-0.4, -0.2) is 85.9 Å². The van der Waals surface area contributed by atoms with Gasteiger partial charge in [-0.3, -0.25) is 14.3 Å².